The molecule has 4 saturated carbocycles. The fourth-order valence-corrected chi connectivity index (χ4v) is 7.68. The van der Waals surface area contributed by atoms with Gasteiger partial charge in [-0.3, -0.25) is 0 Å². The van der Waals surface area contributed by atoms with Gasteiger partial charge >= 0.3 is 0 Å². The molecule has 0 aromatic carbocycles. The molecule has 118 valence electrons. The minimum absolute atomic E-state index is 0.00884. The Kier molecular flexibility index (Phi) is 2.71. The molecule has 8 atom stereocenters. The monoisotopic (exact) mass is 290 g/mol. The molecule has 2 heteroatoms. The first-order valence-electron chi connectivity index (χ1n) is 9.43. The van der Waals surface area contributed by atoms with Crippen LogP contribution in [-0.2, 0) is 4.74 Å². The molecule has 2 nitrogen and oxygen atoms in total. The topological polar surface area (TPSA) is 29.5 Å². The minimum Gasteiger partial charge on any atom is -0.393 e. The zero-order valence-corrected chi connectivity index (χ0v) is 13.4. The van der Waals surface area contributed by atoms with Crippen molar-refractivity contribution in [2.24, 2.45) is 34.5 Å². The molecule has 1 heterocycles. The van der Waals surface area contributed by atoms with Gasteiger partial charge in [0.25, 0.3) is 0 Å². The van der Waals surface area contributed by atoms with Gasteiger partial charge in [0.15, 0.2) is 0 Å². The van der Waals surface area contributed by atoms with E-state index in [1.54, 1.807) is 0 Å². The Morgan fingerprint density at radius 2 is 1.86 bits per heavy atom. The largest absolute Gasteiger partial charge is 0.393 e. The van der Waals surface area contributed by atoms with E-state index >= 15 is 0 Å². The first-order chi connectivity index (χ1) is 10.1. The lowest BCUT2D eigenvalue weighted by Gasteiger charge is -2.63. The number of fused-ring (bicyclic) bond motifs is 4. The van der Waals surface area contributed by atoms with Crippen LogP contribution in [0.15, 0.2) is 0 Å². The summed E-state index contributed by atoms with van der Waals surface area (Å²) < 4.78 is 5.91. The maximum Gasteiger partial charge on any atom is 0.0656 e. The van der Waals surface area contributed by atoms with Crippen molar-refractivity contribution in [1.82, 2.24) is 0 Å². The Morgan fingerprint density at radius 1 is 0.952 bits per heavy atom. The van der Waals surface area contributed by atoms with E-state index in [4.69, 9.17) is 4.74 Å². The predicted octanol–water partition coefficient (Wildman–Crippen LogP) is 3.77. The van der Waals surface area contributed by atoms with Gasteiger partial charge in [0.1, 0.15) is 0 Å². The second kappa shape index (κ2) is 4.26. The van der Waals surface area contributed by atoms with Gasteiger partial charge in [0.2, 0.25) is 0 Å². The Balaban J connectivity index is 1.45. The van der Waals surface area contributed by atoms with Gasteiger partial charge in [-0.05, 0) is 86.9 Å². The van der Waals surface area contributed by atoms with E-state index in [2.05, 4.69) is 6.92 Å². The summed E-state index contributed by atoms with van der Waals surface area (Å²) in [4.78, 5) is 0. The third-order valence-corrected chi connectivity index (χ3v) is 8.83. The summed E-state index contributed by atoms with van der Waals surface area (Å²) in [6.07, 6.45) is 12.5. The first-order valence-corrected chi connectivity index (χ1v) is 9.43. The second-order valence-corrected chi connectivity index (χ2v) is 9.23. The third-order valence-electron chi connectivity index (χ3n) is 8.83. The summed E-state index contributed by atoms with van der Waals surface area (Å²) in [6.45, 7) is 3.66. The number of rotatable bonds is 0. The van der Waals surface area contributed by atoms with Crippen LogP contribution in [0.1, 0.15) is 64.7 Å². The van der Waals surface area contributed by atoms with Crippen molar-refractivity contribution in [3.63, 3.8) is 0 Å². The second-order valence-electron chi connectivity index (χ2n) is 9.23. The van der Waals surface area contributed by atoms with E-state index < -0.39 is 0 Å². The highest BCUT2D eigenvalue weighted by Gasteiger charge is 2.65. The molecule has 0 aromatic heterocycles. The van der Waals surface area contributed by atoms with Gasteiger partial charge in [0, 0.05) is 5.41 Å². The molecule has 0 bridgehead atoms. The fraction of sp³-hybridized carbons (Fsp3) is 1.00. The van der Waals surface area contributed by atoms with Crippen LogP contribution < -0.4 is 0 Å². The molecule has 4 aliphatic carbocycles. The van der Waals surface area contributed by atoms with Crippen LogP contribution >= 0.6 is 0 Å². The molecule has 1 aliphatic heterocycles. The van der Waals surface area contributed by atoms with E-state index in [1.165, 1.54) is 44.9 Å². The molecule has 1 N–H and O–H groups in total. The van der Waals surface area contributed by atoms with Crippen molar-refractivity contribution in [2.45, 2.75) is 76.9 Å². The lowest BCUT2D eigenvalue weighted by Crippen LogP contribution is -2.60. The summed E-state index contributed by atoms with van der Waals surface area (Å²) in [5, 5.41) is 10.1. The van der Waals surface area contributed by atoms with Crippen LogP contribution in [0.5, 0.6) is 0 Å². The zero-order chi connectivity index (χ0) is 14.2. The highest BCUT2D eigenvalue weighted by atomic mass is 16.5. The number of hydrogen-bond donors (Lipinski definition) is 1. The molecule has 0 radical (unpaired) electrons. The van der Waals surface area contributed by atoms with Gasteiger partial charge in [-0.25, -0.2) is 0 Å². The van der Waals surface area contributed by atoms with Crippen LogP contribution in [0.2, 0.25) is 0 Å². The van der Waals surface area contributed by atoms with Crippen molar-refractivity contribution in [1.29, 1.82) is 0 Å². The zero-order valence-electron chi connectivity index (χ0n) is 13.4. The Labute approximate surface area is 128 Å². The van der Waals surface area contributed by atoms with E-state index in [-0.39, 0.29) is 6.10 Å². The molecule has 0 amide bonds. The molecular weight excluding hydrogens is 260 g/mol. The summed E-state index contributed by atoms with van der Waals surface area (Å²) in [6, 6.07) is 0. The number of hydrogen-bond acceptors (Lipinski definition) is 2. The fourth-order valence-electron chi connectivity index (χ4n) is 7.68. The van der Waals surface area contributed by atoms with Crippen LogP contribution in [-0.4, -0.2) is 23.9 Å². The number of aliphatic hydroxyl groups is 1. The van der Waals surface area contributed by atoms with Crippen LogP contribution in [0.25, 0.3) is 0 Å². The Morgan fingerprint density at radius 3 is 2.67 bits per heavy atom. The van der Waals surface area contributed by atoms with Gasteiger partial charge < -0.3 is 9.84 Å². The van der Waals surface area contributed by atoms with Gasteiger partial charge in [0.05, 0.1) is 18.8 Å². The van der Waals surface area contributed by atoms with Crippen molar-refractivity contribution in [3.05, 3.63) is 0 Å². The third kappa shape index (κ3) is 1.57. The molecule has 1 saturated heterocycles. The van der Waals surface area contributed by atoms with E-state index in [0.717, 1.165) is 43.1 Å². The molecule has 5 fully saturated rings. The van der Waals surface area contributed by atoms with E-state index in [0.29, 0.717) is 16.9 Å². The average molecular weight is 290 g/mol. The highest BCUT2D eigenvalue weighted by Crippen LogP contribution is 2.68. The maximum absolute atomic E-state index is 10.1. The molecule has 2 unspecified atom stereocenters. The molecule has 0 aromatic rings. The van der Waals surface area contributed by atoms with Gasteiger partial charge in [-0.15, -0.1) is 0 Å². The van der Waals surface area contributed by atoms with Crippen LogP contribution in [0, 0.1) is 34.5 Å². The van der Waals surface area contributed by atoms with E-state index in [9.17, 15) is 5.11 Å². The standard InChI is InChI=1S/C19H30O2/c1-18-8-6-13(20)10-12(18)2-3-14-15(18)7-9-19-11-21-17(19)5-4-16(14)19/h12-17,20H,2-11H2,1H3/t12?,13-,14+,15-,16-,17?,18-,19+/m0/s1. The minimum atomic E-state index is -0.00884. The van der Waals surface area contributed by atoms with E-state index in [1.807, 2.05) is 0 Å². The van der Waals surface area contributed by atoms with Crippen molar-refractivity contribution >= 4 is 0 Å². The Hall–Kier alpha value is -0.0800. The first kappa shape index (κ1) is 13.4. The molecule has 5 aliphatic rings. The molecule has 5 rings (SSSR count). The van der Waals surface area contributed by atoms with Crippen molar-refractivity contribution in [2.75, 3.05) is 6.61 Å². The van der Waals surface area contributed by atoms with Crippen molar-refractivity contribution in [3.8, 4) is 0 Å². The average Bonchev–Trinajstić information content (AvgIpc) is 2.72. The molecule has 1 spiro atoms. The van der Waals surface area contributed by atoms with Crippen molar-refractivity contribution < 1.29 is 9.84 Å². The van der Waals surface area contributed by atoms with Gasteiger partial charge in [-0.1, -0.05) is 6.92 Å². The van der Waals surface area contributed by atoms with Gasteiger partial charge in [-0.2, -0.15) is 0 Å². The summed E-state index contributed by atoms with van der Waals surface area (Å²) in [7, 11) is 0. The predicted molar refractivity (Wildman–Crippen MR) is 81.8 cm³/mol. The lowest BCUT2D eigenvalue weighted by molar-refractivity contribution is -0.231. The number of ether oxygens (including phenoxy) is 1. The molecule has 21 heavy (non-hydrogen) atoms. The summed E-state index contributed by atoms with van der Waals surface area (Å²) in [5.41, 5.74) is 1.14. The lowest BCUT2D eigenvalue weighted by atomic mass is 9.44. The summed E-state index contributed by atoms with van der Waals surface area (Å²) >= 11 is 0. The normalized spacial score (nSPS) is 62.0. The van der Waals surface area contributed by atoms with Crippen LogP contribution in [0.3, 0.4) is 0 Å². The maximum atomic E-state index is 10.1. The number of aliphatic hydroxyl groups excluding tert-OH is 1. The smallest absolute Gasteiger partial charge is 0.0656 e. The highest BCUT2D eigenvalue weighted by molar-refractivity contribution is 5.13. The van der Waals surface area contributed by atoms with Crippen LogP contribution in [0.4, 0.5) is 0 Å². The summed E-state index contributed by atoms with van der Waals surface area (Å²) in [5.74, 6) is 3.69. The Bertz CT molecular complexity index is 449. The SMILES string of the molecule is C[C@]12CC[C@H](O)CC1CC[C@H]1[C@@H]3CCC4OC[C@@]43CC[C@@H]12. The molecular formula is C19H30O2. The quantitative estimate of drug-likeness (QED) is 0.736.